The van der Waals surface area contributed by atoms with Crippen LogP contribution in [0.15, 0.2) is 48.1 Å². The first-order valence-electron chi connectivity index (χ1n) is 10.6. The number of carbonyl (C=O) groups is 3. The Morgan fingerprint density at radius 3 is 2.35 bits per heavy atom. The number of aromatic hydroxyl groups is 1. The zero-order valence-corrected chi connectivity index (χ0v) is 18.9. The third-order valence-electron chi connectivity index (χ3n) is 5.70. The molecule has 31 heavy (non-hydrogen) atoms. The average molecular weight is 429 g/mol. The molecule has 0 aromatic heterocycles. The second kappa shape index (κ2) is 10.4. The largest absolute Gasteiger partial charge is 0.507 e. The minimum absolute atomic E-state index is 0.0226. The smallest absolute Gasteiger partial charge is 0.342 e. The van der Waals surface area contributed by atoms with Gasteiger partial charge in [0.2, 0.25) is 0 Å². The average Bonchev–Trinajstić information content (AvgIpc) is 2.67. The van der Waals surface area contributed by atoms with Crippen LogP contribution < -0.4 is 0 Å². The van der Waals surface area contributed by atoms with Crippen molar-refractivity contribution in [2.75, 3.05) is 0 Å². The molecule has 4 unspecified atom stereocenters. The Labute approximate surface area is 183 Å². The molecule has 1 saturated carbocycles. The molecule has 0 amide bonds. The molecular formula is C25H32O6. The quantitative estimate of drug-likeness (QED) is 0.397. The predicted molar refractivity (Wildman–Crippen MR) is 117 cm³/mol. The molecule has 0 radical (unpaired) electrons. The normalized spacial score (nSPS) is 23.9. The van der Waals surface area contributed by atoms with Gasteiger partial charge in [-0.05, 0) is 56.6 Å². The molecule has 1 N–H and O–H groups in total. The molecule has 1 aliphatic rings. The second-order valence-electron chi connectivity index (χ2n) is 8.83. The fraction of sp³-hybridized carbons (Fsp3) is 0.480. The number of hydrogen-bond donors (Lipinski definition) is 1. The molecule has 1 aromatic carbocycles. The Bertz CT molecular complexity index is 882. The Morgan fingerprint density at radius 2 is 1.77 bits per heavy atom. The van der Waals surface area contributed by atoms with Crippen molar-refractivity contribution in [1.82, 2.24) is 0 Å². The number of allylic oxidation sites excluding steroid dienone is 1. The van der Waals surface area contributed by atoms with Gasteiger partial charge in [-0.25, -0.2) is 14.4 Å². The summed E-state index contributed by atoms with van der Waals surface area (Å²) in [6.45, 7) is 12.8. The molecular weight excluding hydrogens is 396 g/mol. The van der Waals surface area contributed by atoms with Crippen molar-refractivity contribution in [1.29, 1.82) is 0 Å². The van der Waals surface area contributed by atoms with E-state index in [2.05, 4.69) is 27.4 Å². The summed E-state index contributed by atoms with van der Waals surface area (Å²) >= 11 is 0. The van der Waals surface area contributed by atoms with Gasteiger partial charge in [0.15, 0.2) is 0 Å². The van der Waals surface area contributed by atoms with Gasteiger partial charge in [0.05, 0.1) is 0 Å². The minimum Gasteiger partial charge on any atom is -0.507 e. The van der Waals surface area contributed by atoms with Crippen LogP contribution in [0.25, 0.3) is 0 Å². The van der Waals surface area contributed by atoms with Crippen molar-refractivity contribution in [2.24, 2.45) is 23.7 Å². The van der Waals surface area contributed by atoms with Gasteiger partial charge in [-0.2, -0.15) is 0 Å². The van der Waals surface area contributed by atoms with Crippen LogP contribution in [0.3, 0.4) is 0 Å². The monoisotopic (exact) mass is 428 g/mol. The molecule has 0 heterocycles. The topological polar surface area (TPSA) is 89.9 Å². The standard InChI is InChI=1S/C25H32O6/c1-14(2)22-18(13-17(6)24(28)31-23(27)15(3)4)11-16(5)12-21(22)30-25(29)19-9-7-8-10-20(19)26/h7-10,13-14,16,18,21-22,26H,3,11-12H2,1-2,4-6H3/b17-13+. The predicted octanol–water partition coefficient (Wildman–Crippen LogP) is 4.83. The third kappa shape index (κ3) is 6.29. The van der Waals surface area contributed by atoms with Gasteiger partial charge in [-0.15, -0.1) is 0 Å². The van der Waals surface area contributed by atoms with Crippen LogP contribution in [0.4, 0.5) is 0 Å². The molecule has 0 aliphatic heterocycles. The fourth-order valence-electron chi connectivity index (χ4n) is 4.27. The Morgan fingerprint density at radius 1 is 1.13 bits per heavy atom. The summed E-state index contributed by atoms with van der Waals surface area (Å²) in [5.74, 6) is -1.73. The first kappa shape index (κ1) is 24.4. The van der Waals surface area contributed by atoms with Crippen LogP contribution in [0.5, 0.6) is 5.75 Å². The molecule has 1 aromatic rings. The molecule has 0 saturated heterocycles. The van der Waals surface area contributed by atoms with E-state index in [4.69, 9.17) is 9.47 Å². The van der Waals surface area contributed by atoms with E-state index in [9.17, 15) is 19.5 Å². The first-order valence-corrected chi connectivity index (χ1v) is 10.6. The number of phenols is 1. The van der Waals surface area contributed by atoms with E-state index < -0.39 is 17.9 Å². The zero-order valence-electron chi connectivity index (χ0n) is 18.9. The molecule has 2 rings (SSSR count). The zero-order chi connectivity index (χ0) is 23.3. The van der Waals surface area contributed by atoms with Crippen molar-refractivity contribution in [2.45, 2.75) is 53.6 Å². The maximum Gasteiger partial charge on any atom is 0.342 e. The number of hydrogen-bond acceptors (Lipinski definition) is 6. The highest BCUT2D eigenvalue weighted by molar-refractivity contribution is 6.01. The van der Waals surface area contributed by atoms with Gasteiger partial charge >= 0.3 is 17.9 Å². The lowest BCUT2D eigenvalue weighted by Crippen LogP contribution is -2.41. The van der Waals surface area contributed by atoms with Crippen molar-refractivity contribution in [3.05, 3.63) is 53.6 Å². The Kier molecular flexibility index (Phi) is 8.20. The molecule has 1 aliphatic carbocycles. The number of phenolic OH excluding ortho intramolecular Hbond substituents is 1. The minimum atomic E-state index is -0.746. The lowest BCUT2D eigenvalue weighted by atomic mass is 9.68. The van der Waals surface area contributed by atoms with Crippen molar-refractivity contribution in [3.63, 3.8) is 0 Å². The lowest BCUT2D eigenvalue weighted by molar-refractivity contribution is -0.154. The van der Waals surface area contributed by atoms with E-state index in [1.165, 1.54) is 19.1 Å². The number of carbonyl (C=O) groups excluding carboxylic acids is 3. The number of rotatable bonds is 6. The van der Waals surface area contributed by atoms with Gasteiger partial charge < -0.3 is 14.6 Å². The van der Waals surface area contributed by atoms with Crippen LogP contribution in [0.1, 0.15) is 57.8 Å². The molecule has 4 atom stereocenters. The SMILES string of the molecule is C=C(C)C(=O)OC(=O)/C(C)=C/C1CC(C)CC(OC(=O)c2ccccc2O)C1C(C)C. The van der Waals surface area contributed by atoms with E-state index in [1.54, 1.807) is 19.1 Å². The highest BCUT2D eigenvalue weighted by atomic mass is 16.6. The maximum atomic E-state index is 12.7. The van der Waals surface area contributed by atoms with Crippen molar-refractivity contribution < 1.29 is 29.0 Å². The molecule has 6 nitrogen and oxygen atoms in total. The van der Waals surface area contributed by atoms with E-state index >= 15 is 0 Å². The van der Waals surface area contributed by atoms with Crippen LogP contribution >= 0.6 is 0 Å². The van der Waals surface area contributed by atoms with Crippen molar-refractivity contribution in [3.8, 4) is 5.75 Å². The van der Waals surface area contributed by atoms with Crippen LogP contribution in [-0.2, 0) is 19.1 Å². The molecule has 0 bridgehead atoms. The van der Waals surface area contributed by atoms with Gasteiger partial charge in [-0.1, -0.05) is 45.6 Å². The summed E-state index contributed by atoms with van der Waals surface area (Å²) in [5, 5.41) is 9.99. The van der Waals surface area contributed by atoms with Crippen molar-refractivity contribution >= 4 is 17.9 Å². The highest BCUT2D eigenvalue weighted by Gasteiger charge is 2.40. The van der Waals surface area contributed by atoms with E-state index in [1.807, 2.05) is 6.08 Å². The summed E-state index contributed by atoms with van der Waals surface area (Å²) in [6, 6.07) is 6.30. The number of ether oxygens (including phenoxy) is 2. The first-order chi connectivity index (χ1) is 14.5. The lowest BCUT2D eigenvalue weighted by Gasteiger charge is -2.41. The molecule has 1 fully saturated rings. The summed E-state index contributed by atoms with van der Waals surface area (Å²) < 4.78 is 10.7. The van der Waals surface area contributed by atoms with Crippen LogP contribution in [-0.4, -0.2) is 29.1 Å². The number of esters is 3. The van der Waals surface area contributed by atoms with E-state index in [-0.39, 0.29) is 46.7 Å². The summed E-state index contributed by atoms with van der Waals surface area (Å²) in [4.78, 5) is 36.7. The molecule has 168 valence electrons. The molecule has 6 heteroatoms. The highest BCUT2D eigenvalue weighted by Crippen LogP contribution is 2.41. The maximum absolute atomic E-state index is 12.7. The number of benzene rings is 1. The van der Waals surface area contributed by atoms with Gasteiger partial charge in [0.1, 0.15) is 17.4 Å². The third-order valence-corrected chi connectivity index (χ3v) is 5.70. The van der Waals surface area contributed by atoms with Crippen LogP contribution in [0, 0.1) is 23.7 Å². The van der Waals surface area contributed by atoms with Gasteiger partial charge in [0.25, 0.3) is 0 Å². The Hall–Kier alpha value is -2.89. The fourth-order valence-corrected chi connectivity index (χ4v) is 4.27. The Balaban J connectivity index is 2.24. The van der Waals surface area contributed by atoms with E-state index in [0.717, 1.165) is 6.42 Å². The van der Waals surface area contributed by atoms with Gasteiger partial charge in [-0.3, -0.25) is 0 Å². The van der Waals surface area contributed by atoms with Crippen LogP contribution in [0.2, 0.25) is 0 Å². The summed E-state index contributed by atoms with van der Waals surface area (Å²) in [7, 11) is 0. The summed E-state index contributed by atoms with van der Waals surface area (Å²) in [6.07, 6.45) is 2.99. The number of para-hydroxylation sites is 1. The van der Waals surface area contributed by atoms with Gasteiger partial charge in [0, 0.05) is 17.1 Å². The molecule has 0 spiro atoms. The second-order valence-corrected chi connectivity index (χ2v) is 8.83. The summed E-state index contributed by atoms with van der Waals surface area (Å²) in [5.41, 5.74) is 0.627. The van der Waals surface area contributed by atoms with E-state index in [0.29, 0.717) is 12.0 Å².